The molecule has 0 spiro atoms. The van der Waals surface area contributed by atoms with Gasteiger partial charge in [-0.2, -0.15) is 8.78 Å². The van der Waals surface area contributed by atoms with Crippen LogP contribution in [0, 0.1) is 28.7 Å². The van der Waals surface area contributed by atoms with E-state index in [1.165, 1.54) is 39.8 Å². The van der Waals surface area contributed by atoms with Crippen LogP contribution in [-0.2, 0) is 33.5 Å². The Labute approximate surface area is 326 Å². The van der Waals surface area contributed by atoms with Gasteiger partial charge in [0.25, 0.3) is 0 Å². The van der Waals surface area contributed by atoms with Crippen molar-refractivity contribution in [3.63, 3.8) is 0 Å². The maximum atomic E-state index is 14.3. The average molecular weight is 801 g/mol. The van der Waals surface area contributed by atoms with E-state index in [1.54, 1.807) is 48.5 Å². The molecular weight excluding hydrogens is 756 g/mol. The molecule has 17 heteroatoms. The Bertz CT molecular complexity index is 1960. The zero-order valence-corrected chi connectivity index (χ0v) is 32.0. The summed E-state index contributed by atoms with van der Waals surface area (Å²) < 4.78 is 71.9. The highest BCUT2D eigenvalue weighted by Gasteiger charge is 2.52. The van der Waals surface area contributed by atoms with Crippen LogP contribution in [0.1, 0.15) is 59.3 Å². The van der Waals surface area contributed by atoms with Crippen molar-refractivity contribution in [3.8, 4) is 17.2 Å². The number of esters is 1. The molecule has 306 valence electrons. The quantitative estimate of drug-likeness (QED) is 0.0705. The number of benzene rings is 3. The molecule has 3 aromatic carbocycles. The van der Waals surface area contributed by atoms with Crippen molar-refractivity contribution in [1.29, 1.82) is 0 Å². The van der Waals surface area contributed by atoms with Crippen molar-refractivity contribution in [1.82, 2.24) is 15.5 Å². The molecule has 1 fully saturated rings. The lowest BCUT2D eigenvalue weighted by atomic mass is 9.67. The summed E-state index contributed by atoms with van der Waals surface area (Å²) >= 11 is 0. The molecule has 4 amide bonds. The van der Waals surface area contributed by atoms with E-state index in [-0.39, 0.29) is 37.7 Å². The Kier molecular flexibility index (Phi) is 14.4. The minimum absolute atomic E-state index is 0.0443. The predicted molar refractivity (Wildman–Crippen MR) is 197 cm³/mol. The number of ketones is 1. The van der Waals surface area contributed by atoms with E-state index in [0.717, 1.165) is 0 Å². The van der Waals surface area contributed by atoms with Crippen molar-refractivity contribution in [2.45, 2.75) is 77.0 Å². The lowest BCUT2D eigenvalue weighted by Gasteiger charge is -2.40. The van der Waals surface area contributed by atoms with Crippen molar-refractivity contribution < 1.29 is 60.5 Å². The van der Waals surface area contributed by atoms with E-state index in [9.17, 15) is 46.3 Å². The molecule has 0 heterocycles. The van der Waals surface area contributed by atoms with Gasteiger partial charge in [-0.3, -0.25) is 28.8 Å². The molecule has 13 nitrogen and oxygen atoms in total. The lowest BCUT2D eigenvalue weighted by molar-refractivity contribution is -0.157. The molecule has 0 aliphatic heterocycles. The summed E-state index contributed by atoms with van der Waals surface area (Å²) in [7, 11) is 3.04. The van der Waals surface area contributed by atoms with E-state index >= 15 is 0 Å². The number of hydrogen-bond donors (Lipinski definition) is 3. The summed E-state index contributed by atoms with van der Waals surface area (Å²) in [6.45, 7) is 3.35. The Hall–Kier alpha value is -6.00. The smallest absolute Gasteiger partial charge is 0.308 e. The van der Waals surface area contributed by atoms with Crippen LogP contribution in [0.25, 0.3) is 0 Å². The number of para-hydroxylation sites is 1. The highest BCUT2D eigenvalue weighted by Crippen LogP contribution is 2.42. The fraction of sp³-hybridized carbons (Fsp3) is 0.400. The van der Waals surface area contributed by atoms with Crippen LogP contribution in [0.5, 0.6) is 17.2 Å². The first-order chi connectivity index (χ1) is 26.8. The SMILES string of the molecule is CN(C)C(=O)CCC(NC(=O)C1(C(=O)NC(CC(=O)OC(C)(C)C)C(=O)COc2c(F)c(F)cc(F)c2F)CCC1)C(=O)Nc1cccc(Oc2ccccc2)c1. The number of hydrogen-bond acceptors (Lipinski definition) is 9. The van der Waals surface area contributed by atoms with Gasteiger partial charge >= 0.3 is 5.97 Å². The topological polar surface area (TPSA) is 169 Å². The molecule has 0 radical (unpaired) electrons. The summed E-state index contributed by atoms with van der Waals surface area (Å²) in [5.41, 5.74) is -2.59. The first kappa shape index (κ1) is 43.7. The molecule has 0 aromatic heterocycles. The number of nitrogens with one attached hydrogen (secondary N) is 3. The molecule has 0 saturated heterocycles. The Morgan fingerprint density at radius 3 is 1.96 bits per heavy atom. The Morgan fingerprint density at radius 2 is 1.40 bits per heavy atom. The van der Waals surface area contributed by atoms with E-state index in [4.69, 9.17) is 14.2 Å². The maximum Gasteiger partial charge on any atom is 0.308 e. The first-order valence-corrected chi connectivity index (χ1v) is 18.0. The van der Waals surface area contributed by atoms with E-state index < -0.39 is 94.6 Å². The van der Waals surface area contributed by atoms with Crippen LogP contribution in [0.3, 0.4) is 0 Å². The van der Waals surface area contributed by atoms with Crippen LogP contribution in [0.4, 0.5) is 23.2 Å². The number of halogens is 4. The minimum Gasteiger partial charge on any atom is -0.479 e. The molecular formula is C40H44F4N4O9. The van der Waals surface area contributed by atoms with Crippen LogP contribution < -0.4 is 25.4 Å². The zero-order chi connectivity index (χ0) is 42.1. The normalized spacial score (nSPS) is 14.2. The Morgan fingerprint density at radius 1 is 0.807 bits per heavy atom. The molecule has 1 aliphatic rings. The zero-order valence-electron chi connectivity index (χ0n) is 32.0. The summed E-state index contributed by atoms with van der Waals surface area (Å²) in [6.07, 6.45) is -0.866. The van der Waals surface area contributed by atoms with E-state index in [2.05, 4.69) is 16.0 Å². The summed E-state index contributed by atoms with van der Waals surface area (Å²) in [6, 6.07) is 12.1. The van der Waals surface area contributed by atoms with Gasteiger partial charge in [0.15, 0.2) is 23.2 Å². The van der Waals surface area contributed by atoms with Gasteiger partial charge in [0.2, 0.25) is 35.3 Å². The first-order valence-electron chi connectivity index (χ1n) is 18.0. The van der Waals surface area contributed by atoms with Gasteiger partial charge in [-0.15, -0.1) is 0 Å². The van der Waals surface area contributed by atoms with E-state index in [1.807, 2.05) is 6.07 Å². The molecule has 0 bridgehead atoms. The highest BCUT2D eigenvalue weighted by molar-refractivity contribution is 6.09. The monoisotopic (exact) mass is 800 g/mol. The minimum atomic E-state index is -1.92. The second-order valence-corrected chi connectivity index (χ2v) is 14.6. The average Bonchev–Trinajstić information content (AvgIpc) is 3.11. The number of carbonyl (C=O) groups excluding carboxylic acids is 6. The number of Topliss-reactive ketones (excluding diaryl/α,β-unsaturated/α-hetero) is 1. The second-order valence-electron chi connectivity index (χ2n) is 14.6. The third-order valence-corrected chi connectivity index (χ3v) is 8.84. The summed E-state index contributed by atoms with van der Waals surface area (Å²) in [5.74, 6) is -13.2. The number of rotatable bonds is 17. The third-order valence-electron chi connectivity index (χ3n) is 8.84. The fourth-order valence-electron chi connectivity index (χ4n) is 5.65. The molecule has 2 atom stereocenters. The van der Waals surface area contributed by atoms with Crippen molar-refractivity contribution in [3.05, 3.63) is 83.9 Å². The van der Waals surface area contributed by atoms with Gasteiger partial charge < -0.3 is 35.1 Å². The molecule has 3 N–H and O–H groups in total. The van der Waals surface area contributed by atoms with Crippen molar-refractivity contribution in [2.75, 3.05) is 26.0 Å². The third kappa shape index (κ3) is 11.8. The standard InChI is InChI=1S/C40H44F4N4O9/c1-39(2,3)57-32(51)21-29(30(49)22-55-35-33(43)26(41)20-27(42)34(35)44)47-38(54)40(17-10-18-40)37(53)46-28(15-16-31(50)48(4)5)36(52)45-23-11-9-14-25(19-23)56-24-12-7-6-8-13-24/h6-9,11-14,19-20,28-29H,10,15-18,21-22H2,1-5H3,(H,45,52)(H,46,53)(H,47,54). The lowest BCUT2D eigenvalue weighted by Crippen LogP contribution is -2.60. The van der Waals surface area contributed by atoms with Crippen LogP contribution in [0.15, 0.2) is 60.7 Å². The van der Waals surface area contributed by atoms with E-state index in [0.29, 0.717) is 23.6 Å². The molecule has 3 aromatic rings. The van der Waals surface area contributed by atoms with Crippen molar-refractivity contribution in [2.24, 2.45) is 5.41 Å². The highest BCUT2D eigenvalue weighted by atomic mass is 19.2. The van der Waals surface area contributed by atoms with Gasteiger partial charge in [0, 0.05) is 38.3 Å². The van der Waals surface area contributed by atoms with Gasteiger partial charge in [-0.1, -0.05) is 30.7 Å². The number of carbonyl (C=O) groups is 6. The number of nitrogens with zero attached hydrogens (tertiary/aromatic N) is 1. The molecule has 4 rings (SSSR count). The van der Waals surface area contributed by atoms with Crippen molar-refractivity contribution >= 4 is 41.1 Å². The van der Waals surface area contributed by atoms with Gasteiger partial charge in [0.1, 0.15) is 41.2 Å². The molecule has 1 saturated carbocycles. The van der Waals surface area contributed by atoms with Crippen LogP contribution in [0.2, 0.25) is 0 Å². The van der Waals surface area contributed by atoms with Crippen LogP contribution in [-0.4, -0.2) is 78.7 Å². The number of ether oxygens (including phenoxy) is 3. The van der Waals surface area contributed by atoms with Crippen LogP contribution >= 0.6 is 0 Å². The van der Waals surface area contributed by atoms with Gasteiger partial charge in [0.05, 0.1) is 6.42 Å². The van der Waals surface area contributed by atoms with Gasteiger partial charge in [-0.25, -0.2) is 8.78 Å². The largest absolute Gasteiger partial charge is 0.479 e. The maximum absolute atomic E-state index is 14.3. The molecule has 1 aliphatic carbocycles. The molecule has 2 unspecified atom stereocenters. The number of amides is 4. The Balaban J connectivity index is 1.54. The van der Waals surface area contributed by atoms with Gasteiger partial charge in [-0.05, 0) is 64.3 Å². The summed E-state index contributed by atoms with van der Waals surface area (Å²) in [4.78, 5) is 81.6. The second kappa shape index (κ2) is 18.8. The molecule has 57 heavy (non-hydrogen) atoms. The fourth-order valence-corrected chi connectivity index (χ4v) is 5.65. The summed E-state index contributed by atoms with van der Waals surface area (Å²) in [5, 5.41) is 7.63. The predicted octanol–water partition coefficient (Wildman–Crippen LogP) is 5.36. The number of anilines is 1.